The van der Waals surface area contributed by atoms with Gasteiger partial charge in [-0.05, 0) is 44.1 Å². The van der Waals surface area contributed by atoms with Gasteiger partial charge in [0, 0.05) is 18.8 Å². The summed E-state index contributed by atoms with van der Waals surface area (Å²) in [6, 6.07) is 3.34. The summed E-state index contributed by atoms with van der Waals surface area (Å²) in [4.78, 5) is 24.4. The number of carbonyl (C=O) groups is 2. The van der Waals surface area contributed by atoms with E-state index in [1.165, 1.54) is 6.07 Å². The number of nitrogens with one attached hydrogen (secondary N) is 2. The second kappa shape index (κ2) is 6.53. The summed E-state index contributed by atoms with van der Waals surface area (Å²) >= 11 is 0. The Kier molecular flexibility index (Phi) is 4.74. The number of rotatable bonds is 3. The van der Waals surface area contributed by atoms with E-state index < -0.39 is 17.3 Å². The fourth-order valence-electron chi connectivity index (χ4n) is 2.34. The molecule has 1 aromatic carbocycles. The van der Waals surface area contributed by atoms with Crippen molar-refractivity contribution in [2.45, 2.75) is 18.9 Å². The van der Waals surface area contributed by atoms with Crippen molar-refractivity contribution >= 4 is 17.7 Å². The molecule has 0 aliphatic carbocycles. The first-order chi connectivity index (χ1) is 9.99. The molecule has 21 heavy (non-hydrogen) atoms. The van der Waals surface area contributed by atoms with E-state index in [2.05, 4.69) is 10.6 Å². The van der Waals surface area contributed by atoms with Crippen LogP contribution in [-0.4, -0.2) is 48.2 Å². The van der Waals surface area contributed by atoms with Crippen molar-refractivity contribution in [3.63, 3.8) is 0 Å². The number of carboxylic acid groups (broad SMARTS) is 1. The highest BCUT2D eigenvalue weighted by Crippen LogP contribution is 2.16. The highest BCUT2D eigenvalue weighted by Gasteiger charge is 2.22. The summed E-state index contributed by atoms with van der Waals surface area (Å²) in [5, 5.41) is 14.6. The molecule has 1 aliphatic rings. The summed E-state index contributed by atoms with van der Waals surface area (Å²) in [5.74, 6) is -2.21. The number of benzene rings is 1. The maximum atomic E-state index is 13.6. The van der Waals surface area contributed by atoms with Gasteiger partial charge in [-0.1, -0.05) is 0 Å². The van der Waals surface area contributed by atoms with Crippen LogP contribution >= 0.6 is 0 Å². The van der Waals surface area contributed by atoms with Gasteiger partial charge in [0.1, 0.15) is 5.82 Å². The highest BCUT2D eigenvalue weighted by atomic mass is 19.1. The third kappa shape index (κ3) is 3.69. The summed E-state index contributed by atoms with van der Waals surface area (Å²) in [6.45, 7) is 1.73. The third-order valence-electron chi connectivity index (χ3n) is 3.63. The Labute approximate surface area is 121 Å². The van der Waals surface area contributed by atoms with Crippen LogP contribution < -0.4 is 10.6 Å². The van der Waals surface area contributed by atoms with E-state index in [-0.39, 0.29) is 17.8 Å². The number of carbonyl (C=O) groups excluding carboxylic acids is 1. The number of nitrogens with zero attached hydrogens (tertiary/aromatic N) is 1. The van der Waals surface area contributed by atoms with Crippen LogP contribution in [0.3, 0.4) is 0 Å². The predicted octanol–water partition coefficient (Wildman–Crippen LogP) is 1.74. The molecule has 1 aromatic rings. The van der Waals surface area contributed by atoms with E-state index >= 15 is 0 Å². The number of carboxylic acids is 1. The molecule has 0 bridgehead atoms. The Bertz CT molecular complexity index is 544. The molecule has 7 heteroatoms. The van der Waals surface area contributed by atoms with E-state index in [9.17, 15) is 14.0 Å². The molecule has 0 spiro atoms. The minimum atomic E-state index is -1.34. The number of amides is 2. The number of anilines is 1. The minimum absolute atomic E-state index is 0.148. The average Bonchev–Trinajstić information content (AvgIpc) is 2.47. The first-order valence-corrected chi connectivity index (χ1v) is 6.76. The summed E-state index contributed by atoms with van der Waals surface area (Å²) in [6.07, 6.45) is 1.74. The van der Waals surface area contributed by atoms with Crippen LogP contribution in [0, 0.1) is 5.82 Å². The lowest BCUT2D eigenvalue weighted by molar-refractivity contribution is 0.0692. The molecule has 1 fully saturated rings. The second-order valence-electron chi connectivity index (χ2n) is 5.02. The van der Waals surface area contributed by atoms with Crippen LogP contribution in [0.15, 0.2) is 18.2 Å². The zero-order valence-electron chi connectivity index (χ0n) is 11.7. The number of hydrogen-bond acceptors (Lipinski definition) is 3. The van der Waals surface area contributed by atoms with Gasteiger partial charge in [-0.25, -0.2) is 14.0 Å². The minimum Gasteiger partial charge on any atom is -0.478 e. The largest absolute Gasteiger partial charge is 0.478 e. The first-order valence-electron chi connectivity index (χ1n) is 6.76. The normalized spacial score (nSPS) is 15.5. The van der Waals surface area contributed by atoms with Crippen LogP contribution in [0.25, 0.3) is 0 Å². The van der Waals surface area contributed by atoms with Gasteiger partial charge >= 0.3 is 12.0 Å². The van der Waals surface area contributed by atoms with Gasteiger partial charge in [-0.15, -0.1) is 0 Å². The lowest BCUT2D eigenvalue weighted by Gasteiger charge is -2.31. The van der Waals surface area contributed by atoms with Crippen molar-refractivity contribution in [2.24, 2.45) is 0 Å². The molecule has 1 saturated heterocycles. The van der Waals surface area contributed by atoms with E-state index in [0.717, 1.165) is 38.1 Å². The molecule has 2 amide bonds. The molecule has 3 N–H and O–H groups in total. The lowest BCUT2D eigenvalue weighted by Crippen LogP contribution is -2.45. The smallest absolute Gasteiger partial charge is 0.338 e. The molecule has 114 valence electrons. The molecule has 0 radical (unpaired) electrons. The fourth-order valence-corrected chi connectivity index (χ4v) is 2.34. The van der Waals surface area contributed by atoms with Crippen LogP contribution in [0.1, 0.15) is 23.2 Å². The maximum absolute atomic E-state index is 13.6. The van der Waals surface area contributed by atoms with Crippen LogP contribution in [-0.2, 0) is 0 Å². The maximum Gasteiger partial charge on any atom is 0.338 e. The van der Waals surface area contributed by atoms with Crippen molar-refractivity contribution in [2.75, 3.05) is 25.5 Å². The molecular weight excluding hydrogens is 277 g/mol. The second-order valence-corrected chi connectivity index (χ2v) is 5.02. The van der Waals surface area contributed by atoms with Crippen molar-refractivity contribution < 1.29 is 19.1 Å². The summed E-state index contributed by atoms with van der Waals surface area (Å²) < 4.78 is 13.6. The molecule has 6 nitrogen and oxygen atoms in total. The Hall–Kier alpha value is -2.15. The first kappa shape index (κ1) is 15.2. The zero-order valence-corrected chi connectivity index (χ0v) is 11.7. The van der Waals surface area contributed by atoms with E-state index in [1.54, 1.807) is 11.9 Å². The molecular formula is C14H18FN3O3. The molecule has 1 heterocycles. The standard InChI is InChI=1S/C14H18FN3O3/c1-18(10-4-6-16-7-5-10)14(21)17-9-2-3-11(13(19)20)12(15)8-9/h2-3,8,10,16H,4-7H2,1H3,(H,17,21)(H,19,20). The monoisotopic (exact) mass is 295 g/mol. The number of piperidine rings is 1. The van der Waals surface area contributed by atoms with Crippen LogP contribution in [0.5, 0.6) is 0 Å². The van der Waals surface area contributed by atoms with Gasteiger partial charge in [0.05, 0.1) is 5.56 Å². The van der Waals surface area contributed by atoms with Gasteiger partial charge in [0.15, 0.2) is 0 Å². The van der Waals surface area contributed by atoms with Crippen LogP contribution in [0.2, 0.25) is 0 Å². The van der Waals surface area contributed by atoms with Crippen molar-refractivity contribution in [3.05, 3.63) is 29.6 Å². The summed E-state index contributed by atoms with van der Waals surface area (Å²) in [5.41, 5.74) is -0.178. The Morgan fingerprint density at radius 2 is 2.05 bits per heavy atom. The third-order valence-corrected chi connectivity index (χ3v) is 3.63. The van der Waals surface area contributed by atoms with Crippen molar-refractivity contribution in [1.29, 1.82) is 0 Å². The molecule has 2 rings (SSSR count). The van der Waals surface area contributed by atoms with Crippen molar-refractivity contribution in [1.82, 2.24) is 10.2 Å². The number of halogens is 1. The molecule has 0 saturated carbocycles. The van der Waals surface area contributed by atoms with Gasteiger partial charge in [0.2, 0.25) is 0 Å². The Balaban J connectivity index is 2.01. The highest BCUT2D eigenvalue weighted by molar-refractivity contribution is 5.91. The number of aromatic carboxylic acids is 1. The molecule has 0 unspecified atom stereocenters. The summed E-state index contributed by atoms with van der Waals surface area (Å²) in [7, 11) is 1.70. The van der Waals surface area contributed by atoms with Crippen molar-refractivity contribution in [3.8, 4) is 0 Å². The Morgan fingerprint density at radius 3 is 2.62 bits per heavy atom. The fraction of sp³-hybridized carbons (Fsp3) is 0.429. The van der Waals surface area contributed by atoms with Gasteiger partial charge in [0.25, 0.3) is 0 Å². The molecule has 1 aliphatic heterocycles. The number of urea groups is 1. The lowest BCUT2D eigenvalue weighted by atomic mass is 10.1. The van der Waals surface area contributed by atoms with Gasteiger partial charge < -0.3 is 20.6 Å². The van der Waals surface area contributed by atoms with E-state index in [0.29, 0.717) is 0 Å². The van der Waals surface area contributed by atoms with Gasteiger partial charge in [-0.3, -0.25) is 0 Å². The SMILES string of the molecule is CN(C(=O)Nc1ccc(C(=O)O)c(F)c1)C1CCNCC1. The zero-order chi connectivity index (χ0) is 15.4. The van der Waals surface area contributed by atoms with E-state index in [4.69, 9.17) is 5.11 Å². The van der Waals surface area contributed by atoms with Gasteiger partial charge in [-0.2, -0.15) is 0 Å². The molecule has 0 aromatic heterocycles. The van der Waals surface area contributed by atoms with Crippen LogP contribution in [0.4, 0.5) is 14.9 Å². The molecule has 0 atom stereocenters. The topological polar surface area (TPSA) is 81.7 Å². The average molecular weight is 295 g/mol. The predicted molar refractivity (Wildman–Crippen MR) is 76.0 cm³/mol. The quantitative estimate of drug-likeness (QED) is 0.793. The van der Waals surface area contributed by atoms with E-state index in [1.807, 2.05) is 0 Å². The number of hydrogen-bond donors (Lipinski definition) is 3. The Morgan fingerprint density at radius 1 is 1.38 bits per heavy atom.